The Morgan fingerprint density at radius 3 is 2.46 bits per heavy atom. The van der Waals surface area contributed by atoms with E-state index >= 15 is 0 Å². The average Bonchev–Trinajstić information content (AvgIpc) is 2.01. The fourth-order valence-electron chi connectivity index (χ4n) is 1.42. The van der Waals surface area contributed by atoms with E-state index in [4.69, 9.17) is 5.73 Å². The summed E-state index contributed by atoms with van der Waals surface area (Å²) in [7, 11) is 0. The molecule has 0 amide bonds. The second-order valence-electron chi connectivity index (χ2n) is 4.37. The Labute approximate surface area is 81.0 Å². The SMILES string of the molecule is [CH2]C(C)(C)Cc1cccc(CN)c1. The smallest absolute Gasteiger partial charge is 0.0178 e. The highest BCUT2D eigenvalue weighted by atomic mass is 14.5. The van der Waals surface area contributed by atoms with Crippen LogP contribution in [0, 0.1) is 12.3 Å². The number of hydrogen-bond acceptors (Lipinski definition) is 1. The third-order valence-electron chi connectivity index (χ3n) is 1.91. The van der Waals surface area contributed by atoms with Crippen LogP contribution in [-0.4, -0.2) is 0 Å². The molecule has 1 aromatic carbocycles. The van der Waals surface area contributed by atoms with Crippen molar-refractivity contribution in [1.29, 1.82) is 0 Å². The standard InChI is InChI=1S/C12H18N/c1-12(2,3)8-10-5-4-6-11(7-10)9-13/h4-7H,1,8-9,13H2,2-3H3. The second-order valence-corrected chi connectivity index (χ2v) is 4.37. The van der Waals surface area contributed by atoms with Crippen LogP contribution in [0.1, 0.15) is 25.0 Å². The van der Waals surface area contributed by atoms with Crippen molar-refractivity contribution in [3.8, 4) is 0 Å². The maximum absolute atomic E-state index is 5.57. The van der Waals surface area contributed by atoms with E-state index in [-0.39, 0.29) is 5.41 Å². The van der Waals surface area contributed by atoms with Crippen molar-refractivity contribution in [2.45, 2.75) is 26.8 Å². The van der Waals surface area contributed by atoms with Gasteiger partial charge in [0.05, 0.1) is 0 Å². The normalized spacial score (nSPS) is 11.7. The maximum atomic E-state index is 5.57. The third-order valence-corrected chi connectivity index (χ3v) is 1.91. The largest absolute Gasteiger partial charge is 0.326 e. The van der Waals surface area contributed by atoms with E-state index in [2.05, 4.69) is 45.0 Å². The van der Waals surface area contributed by atoms with Gasteiger partial charge in [0.1, 0.15) is 0 Å². The van der Waals surface area contributed by atoms with E-state index in [9.17, 15) is 0 Å². The summed E-state index contributed by atoms with van der Waals surface area (Å²) in [6.07, 6.45) is 1.00. The topological polar surface area (TPSA) is 26.0 Å². The Bertz CT molecular complexity index is 271. The molecule has 0 saturated carbocycles. The van der Waals surface area contributed by atoms with Crippen LogP contribution in [0.2, 0.25) is 0 Å². The van der Waals surface area contributed by atoms with Crippen LogP contribution >= 0.6 is 0 Å². The summed E-state index contributed by atoms with van der Waals surface area (Å²) >= 11 is 0. The molecular weight excluding hydrogens is 158 g/mol. The van der Waals surface area contributed by atoms with Crippen molar-refractivity contribution in [1.82, 2.24) is 0 Å². The van der Waals surface area contributed by atoms with Crippen molar-refractivity contribution in [2.75, 3.05) is 0 Å². The summed E-state index contributed by atoms with van der Waals surface area (Å²) in [5.74, 6) is 0. The van der Waals surface area contributed by atoms with Crippen molar-refractivity contribution >= 4 is 0 Å². The van der Waals surface area contributed by atoms with E-state index in [1.54, 1.807) is 0 Å². The first-order valence-corrected chi connectivity index (χ1v) is 4.64. The maximum Gasteiger partial charge on any atom is 0.0178 e. The summed E-state index contributed by atoms with van der Waals surface area (Å²) in [5.41, 5.74) is 8.19. The molecule has 1 aromatic rings. The van der Waals surface area contributed by atoms with Gasteiger partial charge in [0.15, 0.2) is 0 Å². The molecule has 71 valence electrons. The molecule has 0 atom stereocenters. The molecule has 1 radical (unpaired) electrons. The van der Waals surface area contributed by atoms with Gasteiger partial charge in [-0.1, -0.05) is 38.1 Å². The molecule has 2 N–H and O–H groups in total. The minimum atomic E-state index is 0.104. The van der Waals surface area contributed by atoms with Gasteiger partial charge in [-0.2, -0.15) is 0 Å². The lowest BCUT2D eigenvalue weighted by Crippen LogP contribution is -2.10. The Kier molecular flexibility index (Phi) is 3.10. The van der Waals surface area contributed by atoms with Gasteiger partial charge >= 0.3 is 0 Å². The molecule has 0 aliphatic rings. The highest BCUT2D eigenvalue weighted by molar-refractivity contribution is 5.24. The molecule has 1 nitrogen and oxygen atoms in total. The Hall–Kier alpha value is -0.820. The molecule has 0 unspecified atom stereocenters. The molecule has 13 heavy (non-hydrogen) atoms. The van der Waals surface area contributed by atoms with Gasteiger partial charge < -0.3 is 5.73 Å². The van der Waals surface area contributed by atoms with Gasteiger partial charge in [-0.3, -0.25) is 0 Å². The van der Waals surface area contributed by atoms with Gasteiger partial charge in [-0.05, 0) is 29.9 Å². The van der Waals surface area contributed by atoms with Gasteiger partial charge in [0.25, 0.3) is 0 Å². The second kappa shape index (κ2) is 3.93. The number of benzene rings is 1. The summed E-state index contributed by atoms with van der Waals surface area (Å²) in [6, 6.07) is 8.40. The zero-order chi connectivity index (χ0) is 9.90. The van der Waals surface area contributed by atoms with Crippen molar-refractivity contribution in [3.05, 3.63) is 42.3 Å². The summed E-state index contributed by atoms with van der Waals surface area (Å²) in [5, 5.41) is 0. The predicted molar refractivity (Wildman–Crippen MR) is 57.2 cm³/mol. The van der Waals surface area contributed by atoms with Gasteiger partial charge in [0, 0.05) is 6.54 Å². The fraction of sp³-hybridized carbons (Fsp3) is 0.417. The first kappa shape index (κ1) is 10.3. The van der Waals surface area contributed by atoms with Crippen LogP contribution in [0.5, 0.6) is 0 Å². The van der Waals surface area contributed by atoms with Crippen LogP contribution in [0.25, 0.3) is 0 Å². The Balaban J connectivity index is 2.78. The monoisotopic (exact) mass is 176 g/mol. The van der Waals surface area contributed by atoms with Crippen LogP contribution in [0.4, 0.5) is 0 Å². The van der Waals surface area contributed by atoms with Crippen molar-refractivity contribution in [3.63, 3.8) is 0 Å². The number of rotatable bonds is 3. The van der Waals surface area contributed by atoms with E-state index in [1.165, 1.54) is 11.1 Å². The number of hydrogen-bond donors (Lipinski definition) is 1. The predicted octanol–water partition coefficient (Wildman–Crippen LogP) is 2.55. The molecule has 0 spiro atoms. The minimum absolute atomic E-state index is 0.104. The van der Waals surface area contributed by atoms with Crippen LogP contribution in [-0.2, 0) is 13.0 Å². The van der Waals surface area contributed by atoms with Crippen molar-refractivity contribution < 1.29 is 0 Å². The molecule has 1 rings (SSSR count). The number of nitrogens with two attached hydrogens (primary N) is 1. The summed E-state index contributed by atoms with van der Waals surface area (Å²) in [6.45, 7) is 8.99. The molecule has 0 aliphatic heterocycles. The average molecular weight is 176 g/mol. The molecule has 0 heterocycles. The molecule has 0 aliphatic carbocycles. The van der Waals surface area contributed by atoms with Crippen LogP contribution in [0.3, 0.4) is 0 Å². The molecule has 0 aromatic heterocycles. The van der Waals surface area contributed by atoms with Crippen molar-refractivity contribution in [2.24, 2.45) is 11.1 Å². The molecular formula is C12H18N. The fourth-order valence-corrected chi connectivity index (χ4v) is 1.42. The molecule has 1 heteroatoms. The van der Waals surface area contributed by atoms with Gasteiger partial charge in [-0.15, -0.1) is 0 Å². The van der Waals surface area contributed by atoms with Gasteiger partial charge in [-0.25, -0.2) is 0 Å². The first-order valence-electron chi connectivity index (χ1n) is 4.64. The molecule has 0 fully saturated rings. The minimum Gasteiger partial charge on any atom is -0.326 e. The van der Waals surface area contributed by atoms with E-state index in [0.717, 1.165) is 6.42 Å². The summed E-state index contributed by atoms with van der Waals surface area (Å²) < 4.78 is 0. The zero-order valence-corrected chi connectivity index (χ0v) is 8.51. The molecule has 0 bridgehead atoms. The summed E-state index contributed by atoms with van der Waals surface area (Å²) in [4.78, 5) is 0. The van der Waals surface area contributed by atoms with E-state index < -0.39 is 0 Å². The molecule has 0 saturated heterocycles. The lowest BCUT2D eigenvalue weighted by molar-refractivity contribution is 0.472. The van der Waals surface area contributed by atoms with E-state index in [0.29, 0.717) is 6.54 Å². The third kappa shape index (κ3) is 3.60. The Morgan fingerprint density at radius 2 is 1.92 bits per heavy atom. The van der Waals surface area contributed by atoms with Crippen LogP contribution in [0.15, 0.2) is 24.3 Å². The van der Waals surface area contributed by atoms with Gasteiger partial charge in [0.2, 0.25) is 0 Å². The lowest BCUT2D eigenvalue weighted by atomic mass is 9.88. The highest BCUT2D eigenvalue weighted by Gasteiger charge is 2.10. The lowest BCUT2D eigenvalue weighted by Gasteiger charge is -2.18. The highest BCUT2D eigenvalue weighted by Crippen LogP contribution is 2.20. The first-order chi connectivity index (χ1) is 6.01. The quantitative estimate of drug-likeness (QED) is 0.752. The zero-order valence-electron chi connectivity index (χ0n) is 8.51. The van der Waals surface area contributed by atoms with E-state index in [1.807, 2.05) is 0 Å². The Morgan fingerprint density at radius 1 is 1.31 bits per heavy atom. The van der Waals surface area contributed by atoms with Crippen LogP contribution < -0.4 is 5.73 Å².